The number of hydrogen-bond acceptors (Lipinski definition) is 5. The zero-order valence-corrected chi connectivity index (χ0v) is 14.4. The highest BCUT2D eigenvalue weighted by atomic mass is 16.1. The number of aryl methyl sites for hydroxylation is 1. The Morgan fingerprint density at radius 1 is 1.21 bits per heavy atom. The van der Waals surface area contributed by atoms with E-state index in [1.165, 1.54) is 0 Å². The third-order valence-corrected chi connectivity index (χ3v) is 4.10. The van der Waals surface area contributed by atoms with Crippen molar-refractivity contribution in [1.29, 1.82) is 0 Å². The Hall–Kier alpha value is -2.50. The summed E-state index contributed by atoms with van der Waals surface area (Å²) in [5.41, 5.74) is 2.32. The van der Waals surface area contributed by atoms with Gasteiger partial charge in [0.25, 0.3) is 5.91 Å². The maximum absolute atomic E-state index is 12.6. The minimum Gasteiger partial charge on any atom is -0.341 e. The van der Waals surface area contributed by atoms with Gasteiger partial charge in [-0.3, -0.25) is 4.79 Å². The van der Waals surface area contributed by atoms with Crippen molar-refractivity contribution in [3.8, 4) is 0 Å². The highest BCUT2D eigenvalue weighted by Crippen LogP contribution is 2.21. The fourth-order valence-corrected chi connectivity index (χ4v) is 2.65. The molecule has 3 rings (SSSR count). The van der Waals surface area contributed by atoms with E-state index in [-0.39, 0.29) is 11.8 Å². The molecule has 0 bridgehead atoms. The summed E-state index contributed by atoms with van der Waals surface area (Å²) in [5, 5.41) is 2.81. The molecule has 0 atom stereocenters. The number of nitrogens with one attached hydrogen (secondary N) is 1. The van der Waals surface area contributed by atoms with Crippen LogP contribution in [-0.2, 0) is 0 Å². The molecule has 6 heteroatoms. The summed E-state index contributed by atoms with van der Waals surface area (Å²) in [5.74, 6) is 1.16. The van der Waals surface area contributed by atoms with Crippen molar-refractivity contribution in [2.24, 2.45) is 0 Å². The van der Waals surface area contributed by atoms with Crippen molar-refractivity contribution in [1.82, 2.24) is 15.0 Å². The highest BCUT2D eigenvalue weighted by Gasteiger charge is 2.20. The zero-order chi connectivity index (χ0) is 17.1. The van der Waals surface area contributed by atoms with Crippen LogP contribution in [-0.4, -0.2) is 33.9 Å². The van der Waals surface area contributed by atoms with Crippen molar-refractivity contribution in [3.63, 3.8) is 0 Å². The van der Waals surface area contributed by atoms with E-state index in [4.69, 9.17) is 0 Å². The molecular weight excluding hydrogens is 302 g/mol. The number of anilines is 2. The Morgan fingerprint density at radius 3 is 2.58 bits per heavy atom. The van der Waals surface area contributed by atoms with E-state index in [9.17, 15) is 4.79 Å². The Balaban J connectivity index is 1.87. The lowest BCUT2D eigenvalue weighted by Gasteiger charge is -2.18. The third kappa shape index (κ3) is 3.69. The van der Waals surface area contributed by atoms with Gasteiger partial charge in [-0.15, -0.1) is 0 Å². The monoisotopic (exact) mass is 325 g/mol. The fraction of sp³-hybridized carbons (Fsp3) is 0.444. The first-order valence-electron chi connectivity index (χ1n) is 8.41. The van der Waals surface area contributed by atoms with Gasteiger partial charge < -0.3 is 10.2 Å². The highest BCUT2D eigenvalue weighted by molar-refractivity contribution is 6.02. The van der Waals surface area contributed by atoms with E-state index < -0.39 is 0 Å². The average molecular weight is 325 g/mol. The lowest BCUT2D eigenvalue weighted by molar-refractivity contribution is 0.102. The number of carbonyl (C=O) groups is 1. The fourth-order valence-electron chi connectivity index (χ4n) is 2.65. The van der Waals surface area contributed by atoms with E-state index in [1.54, 1.807) is 18.3 Å². The molecule has 0 saturated carbocycles. The maximum Gasteiger partial charge on any atom is 0.275 e. The topological polar surface area (TPSA) is 71.0 Å². The number of carbonyl (C=O) groups excluding carboxylic acids is 1. The molecule has 1 aliphatic rings. The SMILES string of the molecule is Cc1ccc(NC(=O)c2cc(C(C)C)nc(N3CCCC3)n2)nc1. The van der Waals surface area contributed by atoms with Gasteiger partial charge in [-0.05, 0) is 43.4 Å². The van der Waals surface area contributed by atoms with Gasteiger partial charge in [0.15, 0.2) is 0 Å². The second-order valence-electron chi connectivity index (χ2n) is 6.50. The van der Waals surface area contributed by atoms with E-state index in [1.807, 2.05) is 13.0 Å². The first-order valence-corrected chi connectivity index (χ1v) is 8.41. The molecule has 24 heavy (non-hydrogen) atoms. The Morgan fingerprint density at radius 2 is 1.96 bits per heavy atom. The van der Waals surface area contributed by atoms with Crippen LogP contribution in [0.15, 0.2) is 24.4 Å². The molecule has 126 valence electrons. The summed E-state index contributed by atoms with van der Waals surface area (Å²) >= 11 is 0. The minimum atomic E-state index is -0.254. The molecule has 1 saturated heterocycles. The summed E-state index contributed by atoms with van der Waals surface area (Å²) in [6.45, 7) is 7.99. The van der Waals surface area contributed by atoms with Crippen molar-refractivity contribution < 1.29 is 4.79 Å². The molecule has 6 nitrogen and oxygen atoms in total. The predicted octanol–water partition coefficient (Wildman–Crippen LogP) is 3.16. The van der Waals surface area contributed by atoms with Gasteiger partial charge in [0.05, 0.1) is 0 Å². The van der Waals surface area contributed by atoms with Gasteiger partial charge in [0.1, 0.15) is 11.5 Å². The largest absolute Gasteiger partial charge is 0.341 e. The lowest BCUT2D eigenvalue weighted by Crippen LogP contribution is -2.24. The van der Waals surface area contributed by atoms with Crippen molar-refractivity contribution in [2.75, 3.05) is 23.3 Å². The van der Waals surface area contributed by atoms with Crippen LogP contribution in [0.2, 0.25) is 0 Å². The molecule has 0 spiro atoms. The molecule has 1 amide bonds. The van der Waals surface area contributed by atoms with E-state index in [2.05, 4.69) is 39.0 Å². The maximum atomic E-state index is 12.6. The molecule has 0 radical (unpaired) electrons. The minimum absolute atomic E-state index is 0.235. The van der Waals surface area contributed by atoms with Gasteiger partial charge in [-0.25, -0.2) is 15.0 Å². The molecule has 0 aliphatic carbocycles. The zero-order valence-electron chi connectivity index (χ0n) is 14.4. The van der Waals surface area contributed by atoms with Crippen molar-refractivity contribution in [3.05, 3.63) is 41.3 Å². The van der Waals surface area contributed by atoms with Crippen LogP contribution in [0.3, 0.4) is 0 Å². The first-order chi connectivity index (χ1) is 11.5. The van der Waals surface area contributed by atoms with Crippen LogP contribution in [0, 0.1) is 6.92 Å². The first kappa shape index (κ1) is 16.4. The molecule has 0 aromatic carbocycles. The molecule has 1 aliphatic heterocycles. The summed E-state index contributed by atoms with van der Waals surface area (Å²) in [6, 6.07) is 5.48. The van der Waals surface area contributed by atoms with Crippen LogP contribution < -0.4 is 10.2 Å². The summed E-state index contributed by atoms with van der Waals surface area (Å²) in [4.78, 5) is 28.1. The number of hydrogen-bond donors (Lipinski definition) is 1. The van der Waals surface area contributed by atoms with Gasteiger partial charge in [0, 0.05) is 25.0 Å². The Labute approximate surface area is 142 Å². The van der Waals surface area contributed by atoms with Crippen molar-refractivity contribution in [2.45, 2.75) is 39.5 Å². The van der Waals surface area contributed by atoms with E-state index in [0.717, 1.165) is 37.2 Å². The second kappa shape index (κ2) is 6.95. The normalized spacial score (nSPS) is 14.2. The molecular formula is C18H23N5O. The van der Waals surface area contributed by atoms with E-state index in [0.29, 0.717) is 17.5 Å². The standard InChI is InChI=1S/C18H23N5O/c1-12(2)14-10-15(21-18(20-14)23-8-4-5-9-23)17(24)22-16-7-6-13(3)11-19-16/h6-7,10-12H,4-5,8-9H2,1-3H3,(H,19,22,24). The summed E-state index contributed by atoms with van der Waals surface area (Å²) in [6.07, 6.45) is 4.01. The number of amides is 1. The van der Waals surface area contributed by atoms with Crippen molar-refractivity contribution >= 4 is 17.7 Å². The quantitative estimate of drug-likeness (QED) is 0.935. The summed E-state index contributed by atoms with van der Waals surface area (Å²) in [7, 11) is 0. The molecule has 1 N–H and O–H groups in total. The van der Waals surface area contributed by atoms with Crippen LogP contribution in [0.5, 0.6) is 0 Å². The third-order valence-electron chi connectivity index (χ3n) is 4.10. The molecule has 3 heterocycles. The van der Waals surface area contributed by atoms with Crippen LogP contribution in [0.4, 0.5) is 11.8 Å². The predicted molar refractivity (Wildman–Crippen MR) is 94.5 cm³/mol. The molecule has 0 unspecified atom stereocenters. The number of rotatable bonds is 4. The van der Waals surface area contributed by atoms with Gasteiger partial charge in [-0.2, -0.15) is 0 Å². The summed E-state index contributed by atoms with van der Waals surface area (Å²) < 4.78 is 0. The Bertz CT molecular complexity index is 721. The lowest BCUT2D eigenvalue weighted by atomic mass is 10.1. The number of aromatic nitrogens is 3. The number of nitrogens with zero attached hydrogens (tertiary/aromatic N) is 4. The van der Waals surface area contributed by atoms with Gasteiger partial charge >= 0.3 is 0 Å². The van der Waals surface area contributed by atoms with Crippen LogP contribution in [0.25, 0.3) is 0 Å². The van der Waals surface area contributed by atoms with E-state index >= 15 is 0 Å². The second-order valence-corrected chi connectivity index (χ2v) is 6.50. The Kier molecular flexibility index (Phi) is 4.74. The average Bonchev–Trinajstić information content (AvgIpc) is 3.11. The molecule has 2 aromatic heterocycles. The number of pyridine rings is 1. The van der Waals surface area contributed by atoms with Gasteiger partial charge in [-0.1, -0.05) is 19.9 Å². The smallest absolute Gasteiger partial charge is 0.275 e. The molecule has 2 aromatic rings. The van der Waals surface area contributed by atoms with Crippen LogP contribution in [0.1, 0.15) is 54.4 Å². The van der Waals surface area contributed by atoms with Gasteiger partial charge in [0.2, 0.25) is 5.95 Å². The van der Waals surface area contributed by atoms with Crippen LogP contribution >= 0.6 is 0 Å². The molecule has 1 fully saturated rings.